The molecule has 0 aromatic heterocycles. The Morgan fingerprint density at radius 2 is 1.87 bits per heavy atom. The smallest absolute Gasteiger partial charge is 0.330 e. The van der Waals surface area contributed by atoms with Gasteiger partial charge in [0, 0.05) is 5.02 Å². The van der Waals surface area contributed by atoms with Gasteiger partial charge in [0.25, 0.3) is 0 Å². The molecule has 0 saturated heterocycles. The summed E-state index contributed by atoms with van der Waals surface area (Å²) in [4.78, 5) is 0. The molecular weight excluding hydrogens is 250 g/mol. The molecule has 1 rings (SSSR count). The van der Waals surface area contributed by atoms with E-state index in [0.717, 1.165) is 12.1 Å². The van der Waals surface area contributed by atoms with Crippen LogP contribution in [-0.2, 0) is 12.6 Å². The standard InChI is InChI=1S/C9H9ClF3N.ClH/c10-8-2-1-7(9(11,12)13)5-6(8)3-4-14;/h1-2,5H,3-4,14H2;1H. The topological polar surface area (TPSA) is 26.0 Å². The Bertz CT molecular complexity index is 326. The van der Waals surface area contributed by atoms with E-state index < -0.39 is 11.7 Å². The number of halogens is 5. The second-order valence-corrected chi connectivity index (χ2v) is 3.25. The van der Waals surface area contributed by atoms with Crippen LogP contribution in [0.4, 0.5) is 13.2 Å². The first-order valence-corrected chi connectivity index (χ1v) is 4.38. The number of nitrogens with two attached hydrogens (primary N) is 1. The van der Waals surface area contributed by atoms with Gasteiger partial charge < -0.3 is 5.73 Å². The van der Waals surface area contributed by atoms with Gasteiger partial charge in [0.05, 0.1) is 5.56 Å². The lowest BCUT2D eigenvalue weighted by Gasteiger charge is -2.09. The molecule has 0 aliphatic rings. The molecular formula is C9H10Cl2F3N. The second-order valence-electron chi connectivity index (χ2n) is 2.84. The van der Waals surface area contributed by atoms with Gasteiger partial charge in [-0.1, -0.05) is 11.6 Å². The van der Waals surface area contributed by atoms with Crippen molar-refractivity contribution >= 4 is 24.0 Å². The Morgan fingerprint density at radius 3 is 2.33 bits per heavy atom. The lowest BCUT2D eigenvalue weighted by Crippen LogP contribution is -2.08. The van der Waals surface area contributed by atoms with Crippen molar-refractivity contribution in [1.82, 2.24) is 0 Å². The fourth-order valence-corrected chi connectivity index (χ4v) is 1.31. The van der Waals surface area contributed by atoms with Crippen LogP contribution in [0.1, 0.15) is 11.1 Å². The van der Waals surface area contributed by atoms with Crippen molar-refractivity contribution in [3.05, 3.63) is 34.3 Å². The van der Waals surface area contributed by atoms with E-state index in [9.17, 15) is 13.2 Å². The van der Waals surface area contributed by atoms with Crippen LogP contribution in [0.5, 0.6) is 0 Å². The quantitative estimate of drug-likeness (QED) is 0.867. The van der Waals surface area contributed by atoms with Gasteiger partial charge in [-0.2, -0.15) is 13.2 Å². The summed E-state index contributed by atoms with van der Waals surface area (Å²) < 4.78 is 36.8. The summed E-state index contributed by atoms with van der Waals surface area (Å²) in [6, 6.07) is 3.24. The van der Waals surface area contributed by atoms with Crippen molar-refractivity contribution in [3.63, 3.8) is 0 Å². The average Bonchev–Trinajstić information content (AvgIpc) is 2.07. The first-order chi connectivity index (χ1) is 6.45. The number of hydrogen-bond donors (Lipinski definition) is 1. The first kappa shape index (κ1) is 14.6. The Labute approximate surface area is 96.8 Å². The highest BCUT2D eigenvalue weighted by Crippen LogP contribution is 2.31. The molecule has 0 aliphatic carbocycles. The highest BCUT2D eigenvalue weighted by molar-refractivity contribution is 6.31. The van der Waals surface area contributed by atoms with Crippen molar-refractivity contribution in [2.24, 2.45) is 5.73 Å². The lowest BCUT2D eigenvalue weighted by atomic mass is 10.1. The maximum atomic E-state index is 12.3. The minimum absolute atomic E-state index is 0. The van der Waals surface area contributed by atoms with Crippen molar-refractivity contribution in [2.45, 2.75) is 12.6 Å². The van der Waals surface area contributed by atoms with Gasteiger partial charge in [-0.15, -0.1) is 12.4 Å². The van der Waals surface area contributed by atoms with Crippen LogP contribution < -0.4 is 5.73 Å². The Morgan fingerprint density at radius 1 is 1.27 bits per heavy atom. The molecule has 1 aromatic carbocycles. The minimum atomic E-state index is -4.33. The molecule has 1 nitrogen and oxygen atoms in total. The highest BCUT2D eigenvalue weighted by Gasteiger charge is 2.30. The molecule has 0 unspecified atom stereocenters. The molecule has 2 N–H and O–H groups in total. The van der Waals surface area contributed by atoms with Gasteiger partial charge in [0.15, 0.2) is 0 Å². The van der Waals surface area contributed by atoms with Crippen molar-refractivity contribution in [3.8, 4) is 0 Å². The zero-order chi connectivity index (χ0) is 10.8. The van der Waals surface area contributed by atoms with Crippen molar-refractivity contribution in [1.29, 1.82) is 0 Å². The number of rotatable bonds is 2. The summed E-state index contributed by atoms with van der Waals surface area (Å²) >= 11 is 5.70. The van der Waals surface area contributed by atoms with Gasteiger partial charge in [-0.3, -0.25) is 0 Å². The highest BCUT2D eigenvalue weighted by atomic mass is 35.5. The molecule has 1 aromatic rings. The lowest BCUT2D eigenvalue weighted by molar-refractivity contribution is -0.137. The van der Waals surface area contributed by atoms with Crippen LogP contribution in [0.15, 0.2) is 18.2 Å². The van der Waals surface area contributed by atoms with Gasteiger partial charge in [-0.05, 0) is 36.7 Å². The van der Waals surface area contributed by atoms with Gasteiger partial charge in [0.2, 0.25) is 0 Å². The molecule has 15 heavy (non-hydrogen) atoms. The zero-order valence-corrected chi connectivity index (χ0v) is 9.22. The molecule has 0 bridgehead atoms. The monoisotopic (exact) mass is 259 g/mol. The third-order valence-corrected chi connectivity index (χ3v) is 2.16. The number of benzene rings is 1. The van der Waals surface area contributed by atoms with Gasteiger partial charge in [0.1, 0.15) is 0 Å². The predicted octanol–water partition coefficient (Wildman–Crippen LogP) is 3.28. The van der Waals surface area contributed by atoms with E-state index in [-0.39, 0.29) is 19.0 Å². The fraction of sp³-hybridized carbons (Fsp3) is 0.333. The van der Waals surface area contributed by atoms with Crippen LogP contribution in [0.25, 0.3) is 0 Å². The third kappa shape index (κ3) is 3.89. The maximum Gasteiger partial charge on any atom is 0.416 e. The summed E-state index contributed by atoms with van der Waals surface area (Å²) in [7, 11) is 0. The summed E-state index contributed by atoms with van der Waals surface area (Å²) in [5.74, 6) is 0. The van der Waals surface area contributed by atoms with Crippen LogP contribution in [0.3, 0.4) is 0 Å². The minimum Gasteiger partial charge on any atom is -0.330 e. The molecule has 0 heterocycles. The van der Waals surface area contributed by atoms with E-state index in [1.54, 1.807) is 0 Å². The Hall–Kier alpha value is -0.450. The SMILES string of the molecule is Cl.NCCc1cc(C(F)(F)F)ccc1Cl. The van der Waals surface area contributed by atoms with Gasteiger partial charge in [-0.25, -0.2) is 0 Å². The summed E-state index contributed by atoms with van der Waals surface area (Å²) in [5, 5.41) is 0.323. The van der Waals surface area contributed by atoms with Crippen LogP contribution in [0, 0.1) is 0 Å². The largest absolute Gasteiger partial charge is 0.416 e. The summed E-state index contributed by atoms with van der Waals surface area (Å²) in [6.45, 7) is 0.279. The molecule has 0 atom stereocenters. The zero-order valence-electron chi connectivity index (χ0n) is 7.64. The second kappa shape index (κ2) is 5.58. The van der Waals surface area contributed by atoms with Crippen molar-refractivity contribution < 1.29 is 13.2 Å². The van der Waals surface area contributed by atoms with E-state index in [2.05, 4.69) is 0 Å². The van der Waals surface area contributed by atoms with E-state index in [1.165, 1.54) is 6.07 Å². The molecule has 86 valence electrons. The molecule has 0 fully saturated rings. The number of alkyl halides is 3. The predicted molar refractivity (Wildman–Crippen MR) is 56.5 cm³/mol. The molecule has 0 radical (unpaired) electrons. The number of hydrogen-bond acceptors (Lipinski definition) is 1. The van der Waals surface area contributed by atoms with Crippen LogP contribution in [0.2, 0.25) is 5.02 Å². The normalized spacial score (nSPS) is 11.0. The summed E-state index contributed by atoms with van der Waals surface area (Å²) in [5.41, 5.74) is 4.99. The molecule has 0 amide bonds. The first-order valence-electron chi connectivity index (χ1n) is 4.01. The van der Waals surface area contributed by atoms with E-state index in [4.69, 9.17) is 17.3 Å². The average molecular weight is 260 g/mol. The van der Waals surface area contributed by atoms with Crippen molar-refractivity contribution in [2.75, 3.05) is 6.54 Å². The Balaban J connectivity index is 0.00000196. The molecule has 0 aliphatic heterocycles. The van der Waals surface area contributed by atoms with E-state index in [1.807, 2.05) is 0 Å². The van der Waals surface area contributed by atoms with Gasteiger partial charge >= 0.3 is 6.18 Å². The fourth-order valence-electron chi connectivity index (χ4n) is 1.10. The van der Waals surface area contributed by atoms with Crippen LogP contribution in [-0.4, -0.2) is 6.54 Å². The molecule has 0 saturated carbocycles. The summed E-state index contributed by atoms with van der Waals surface area (Å²) in [6.07, 6.45) is -3.98. The van der Waals surface area contributed by atoms with E-state index in [0.29, 0.717) is 17.0 Å². The molecule has 6 heteroatoms. The van der Waals surface area contributed by atoms with Crippen LogP contribution >= 0.6 is 24.0 Å². The molecule has 0 spiro atoms. The Kier molecular flexibility index (Phi) is 5.42. The maximum absolute atomic E-state index is 12.3. The van der Waals surface area contributed by atoms with E-state index >= 15 is 0 Å². The third-order valence-electron chi connectivity index (χ3n) is 1.79.